The predicted molar refractivity (Wildman–Crippen MR) is 157 cm³/mol. The smallest absolute Gasteiger partial charge is 0.227 e. The van der Waals surface area contributed by atoms with Gasteiger partial charge in [-0.25, -0.2) is 9.97 Å². The van der Waals surface area contributed by atoms with Crippen LogP contribution in [0.15, 0.2) is 109 Å². The fourth-order valence-electron chi connectivity index (χ4n) is 4.30. The summed E-state index contributed by atoms with van der Waals surface area (Å²) in [4.78, 5) is 8.75. The molecule has 6 aromatic rings. The summed E-state index contributed by atoms with van der Waals surface area (Å²) >= 11 is 6.07. The molecule has 39 heavy (non-hydrogen) atoms. The molecule has 7 nitrogen and oxygen atoms in total. The number of fused-ring (bicyclic) bond motifs is 1. The molecular weight excluding hydrogens is 508 g/mol. The van der Waals surface area contributed by atoms with Crippen molar-refractivity contribution in [1.82, 2.24) is 20.2 Å². The number of pyridine rings is 2. The highest BCUT2D eigenvalue weighted by Gasteiger charge is 2.13. The Hall–Kier alpha value is -5.01. The Morgan fingerprint density at radius 2 is 1.51 bits per heavy atom. The number of anilines is 3. The van der Waals surface area contributed by atoms with Crippen LogP contribution >= 0.6 is 11.6 Å². The monoisotopic (exact) mass is 530 g/mol. The van der Waals surface area contributed by atoms with Gasteiger partial charge in [0.25, 0.3) is 0 Å². The largest absolute Gasteiger partial charge is 0.438 e. The average Bonchev–Trinajstić information content (AvgIpc) is 2.99. The van der Waals surface area contributed by atoms with Crippen molar-refractivity contribution in [2.45, 2.75) is 0 Å². The van der Waals surface area contributed by atoms with Crippen LogP contribution in [0.1, 0.15) is 0 Å². The van der Waals surface area contributed by atoms with Gasteiger partial charge < -0.3 is 15.4 Å². The first-order valence-electron chi connectivity index (χ1n) is 12.3. The molecule has 3 aromatic carbocycles. The Kier molecular flexibility index (Phi) is 6.72. The van der Waals surface area contributed by atoms with E-state index in [9.17, 15) is 0 Å². The second-order valence-electron chi connectivity index (χ2n) is 8.74. The van der Waals surface area contributed by atoms with Gasteiger partial charge in [0.15, 0.2) is 5.82 Å². The molecule has 0 amide bonds. The first-order valence-corrected chi connectivity index (χ1v) is 12.7. The standard InChI is InChI=1S/C31H23ClN6O/c1-33-28-19-21(16-18-34-28)25-7-4-17-35-31(25)39-24-14-12-23(13-15-24)36-30-27-6-3-2-5-26(27)29(37-38-30)20-8-10-22(32)11-9-20/h2-19H,1H3,(H,33,34)(H,36,38). The zero-order chi connectivity index (χ0) is 26.6. The van der Waals surface area contributed by atoms with Gasteiger partial charge >= 0.3 is 0 Å². The number of aromatic nitrogens is 4. The van der Waals surface area contributed by atoms with E-state index in [1.54, 1.807) is 12.4 Å². The van der Waals surface area contributed by atoms with Crippen molar-refractivity contribution in [3.8, 4) is 34.0 Å². The van der Waals surface area contributed by atoms with Crippen LogP contribution in [0, 0.1) is 0 Å². The quantitative estimate of drug-likeness (QED) is 0.216. The number of rotatable bonds is 7. The van der Waals surface area contributed by atoms with E-state index in [1.807, 2.05) is 104 Å². The molecule has 0 spiro atoms. The summed E-state index contributed by atoms with van der Waals surface area (Å²) in [6, 6.07) is 31.1. The molecule has 0 fully saturated rings. The third-order valence-corrected chi connectivity index (χ3v) is 6.49. The van der Waals surface area contributed by atoms with E-state index in [-0.39, 0.29) is 0 Å². The predicted octanol–water partition coefficient (Wildman–Crippen LogP) is 7.98. The minimum atomic E-state index is 0.515. The summed E-state index contributed by atoms with van der Waals surface area (Å²) in [5, 5.41) is 18.1. The third-order valence-electron chi connectivity index (χ3n) is 6.23. The van der Waals surface area contributed by atoms with Crippen molar-refractivity contribution >= 4 is 39.7 Å². The number of hydrogen-bond donors (Lipinski definition) is 2. The summed E-state index contributed by atoms with van der Waals surface area (Å²) < 4.78 is 6.17. The van der Waals surface area contributed by atoms with Crippen molar-refractivity contribution in [3.63, 3.8) is 0 Å². The lowest BCUT2D eigenvalue weighted by atomic mass is 10.0. The number of ether oxygens (including phenoxy) is 1. The molecule has 6 rings (SSSR count). The molecule has 0 aliphatic carbocycles. The van der Waals surface area contributed by atoms with E-state index in [2.05, 4.69) is 30.8 Å². The fourth-order valence-corrected chi connectivity index (χ4v) is 4.42. The highest BCUT2D eigenvalue weighted by atomic mass is 35.5. The lowest BCUT2D eigenvalue weighted by Gasteiger charge is -2.13. The zero-order valence-electron chi connectivity index (χ0n) is 21.0. The summed E-state index contributed by atoms with van der Waals surface area (Å²) in [6.45, 7) is 0. The van der Waals surface area contributed by atoms with Gasteiger partial charge in [-0.3, -0.25) is 0 Å². The molecule has 0 aliphatic heterocycles. The lowest BCUT2D eigenvalue weighted by Crippen LogP contribution is -1.99. The summed E-state index contributed by atoms with van der Waals surface area (Å²) in [6.07, 6.45) is 3.47. The van der Waals surface area contributed by atoms with Crippen LogP contribution in [0.4, 0.5) is 17.3 Å². The molecular formula is C31H23ClN6O. The second kappa shape index (κ2) is 10.8. The molecule has 0 bridgehead atoms. The van der Waals surface area contributed by atoms with Gasteiger partial charge in [0.1, 0.15) is 17.3 Å². The van der Waals surface area contributed by atoms with E-state index >= 15 is 0 Å². The molecule has 0 radical (unpaired) electrons. The maximum Gasteiger partial charge on any atom is 0.227 e. The van der Waals surface area contributed by atoms with E-state index in [0.717, 1.165) is 44.7 Å². The third kappa shape index (κ3) is 5.21. The van der Waals surface area contributed by atoms with E-state index in [0.29, 0.717) is 22.5 Å². The van der Waals surface area contributed by atoms with Crippen molar-refractivity contribution < 1.29 is 4.74 Å². The normalized spacial score (nSPS) is 10.8. The Balaban J connectivity index is 1.25. The minimum Gasteiger partial charge on any atom is -0.438 e. The average molecular weight is 531 g/mol. The van der Waals surface area contributed by atoms with Crippen molar-refractivity contribution in [2.75, 3.05) is 17.7 Å². The van der Waals surface area contributed by atoms with Crippen LogP contribution in [0.3, 0.4) is 0 Å². The van der Waals surface area contributed by atoms with Crippen molar-refractivity contribution in [2.24, 2.45) is 0 Å². The first kappa shape index (κ1) is 24.3. The highest BCUT2D eigenvalue weighted by Crippen LogP contribution is 2.34. The Labute approximate surface area is 230 Å². The van der Waals surface area contributed by atoms with Crippen molar-refractivity contribution in [3.05, 3.63) is 114 Å². The van der Waals surface area contributed by atoms with Gasteiger partial charge in [0, 0.05) is 52.1 Å². The topological polar surface area (TPSA) is 84.9 Å². The van der Waals surface area contributed by atoms with E-state index < -0.39 is 0 Å². The Morgan fingerprint density at radius 1 is 0.718 bits per heavy atom. The van der Waals surface area contributed by atoms with Crippen LogP contribution in [0.25, 0.3) is 33.2 Å². The van der Waals surface area contributed by atoms with Gasteiger partial charge in [0.2, 0.25) is 5.88 Å². The second-order valence-corrected chi connectivity index (χ2v) is 9.17. The zero-order valence-corrected chi connectivity index (χ0v) is 21.7. The van der Waals surface area contributed by atoms with Crippen LogP contribution in [-0.4, -0.2) is 27.2 Å². The molecule has 0 saturated heterocycles. The first-order chi connectivity index (χ1) is 19.2. The molecule has 190 valence electrons. The van der Waals surface area contributed by atoms with Crippen LogP contribution in [-0.2, 0) is 0 Å². The molecule has 0 saturated carbocycles. The van der Waals surface area contributed by atoms with Crippen LogP contribution in [0.2, 0.25) is 5.02 Å². The molecule has 3 aromatic heterocycles. The minimum absolute atomic E-state index is 0.515. The van der Waals surface area contributed by atoms with Gasteiger partial charge in [-0.15, -0.1) is 10.2 Å². The van der Waals surface area contributed by atoms with Crippen LogP contribution in [0.5, 0.6) is 11.6 Å². The number of halogens is 1. The molecule has 8 heteroatoms. The maximum absolute atomic E-state index is 6.17. The fraction of sp³-hybridized carbons (Fsp3) is 0.0323. The number of hydrogen-bond acceptors (Lipinski definition) is 7. The molecule has 0 unspecified atom stereocenters. The maximum atomic E-state index is 6.17. The summed E-state index contributed by atoms with van der Waals surface area (Å²) in [5.74, 6) is 2.62. The summed E-state index contributed by atoms with van der Waals surface area (Å²) in [5.41, 5.74) is 4.46. The van der Waals surface area contributed by atoms with Gasteiger partial charge in [0.05, 0.1) is 0 Å². The number of nitrogens with one attached hydrogen (secondary N) is 2. The molecule has 3 heterocycles. The molecule has 0 aliphatic rings. The number of nitrogens with zero attached hydrogens (tertiary/aromatic N) is 4. The Bertz CT molecular complexity index is 1760. The van der Waals surface area contributed by atoms with E-state index in [1.165, 1.54) is 0 Å². The van der Waals surface area contributed by atoms with Crippen molar-refractivity contribution in [1.29, 1.82) is 0 Å². The van der Waals surface area contributed by atoms with Gasteiger partial charge in [-0.1, -0.05) is 48.0 Å². The Morgan fingerprint density at radius 3 is 2.31 bits per heavy atom. The van der Waals surface area contributed by atoms with Crippen LogP contribution < -0.4 is 15.4 Å². The van der Waals surface area contributed by atoms with Gasteiger partial charge in [-0.05, 0) is 66.2 Å². The van der Waals surface area contributed by atoms with E-state index in [4.69, 9.17) is 16.3 Å². The molecule has 2 N–H and O–H groups in total. The van der Waals surface area contributed by atoms with Gasteiger partial charge in [-0.2, -0.15) is 0 Å². The lowest BCUT2D eigenvalue weighted by molar-refractivity contribution is 0.465. The SMILES string of the molecule is CNc1cc(-c2cccnc2Oc2ccc(Nc3nnc(-c4ccc(Cl)cc4)c4ccccc34)cc2)ccn1. The molecule has 0 atom stereocenters. The highest BCUT2D eigenvalue weighted by molar-refractivity contribution is 6.30. The summed E-state index contributed by atoms with van der Waals surface area (Å²) in [7, 11) is 1.84. The number of benzene rings is 3.